The second-order valence-electron chi connectivity index (χ2n) is 5.01. The molecule has 1 aliphatic rings. The topological polar surface area (TPSA) is 53.2 Å². The molecule has 0 amide bonds. The summed E-state index contributed by atoms with van der Waals surface area (Å²) in [6, 6.07) is 9.90. The van der Waals surface area contributed by atoms with Crippen LogP contribution in [0.25, 0.3) is 0 Å². The van der Waals surface area contributed by atoms with Crippen molar-refractivity contribution in [2.24, 2.45) is 5.92 Å². The Morgan fingerprint density at radius 3 is 2.89 bits per heavy atom. The first-order valence-electron chi connectivity index (χ1n) is 6.47. The van der Waals surface area contributed by atoms with Crippen LogP contribution in [0.1, 0.15) is 32.3 Å². The summed E-state index contributed by atoms with van der Waals surface area (Å²) in [4.78, 5) is 0. The van der Waals surface area contributed by atoms with Gasteiger partial charge in [-0.25, -0.2) is 0 Å². The lowest BCUT2D eigenvalue weighted by Gasteiger charge is -2.39. The maximum Gasteiger partial charge on any atom is 0.124 e. The van der Waals surface area contributed by atoms with Gasteiger partial charge in [-0.2, -0.15) is 5.26 Å². The minimum atomic E-state index is -0.829. The van der Waals surface area contributed by atoms with Gasteiger partial charge in [-0.1, -0.05) is 38.5 Å². The highest BCUT2D eigenvalue weighted by Crippen LogP contribution is 2.43. The summed E-state index contributed by atoms with van der Waals surface area (Å²) in [6.45, 7) is 4.50. The Hall–Kier alpha value is -1.53. The highest BCUT2D eigenvalue weighted by Gasteiger charge is 2.45. The van der Waals surface area contributed by atoms with Crippen LogP contribution in [-0.2, 0) is 5.41 Å². The van der Waals surface area contributed by atoms with E-state index in [1.165, 1.54) is 0 Å². The number of aliphatic hydroxyl groups excluding tert-OH is 1. The third-order valence-corrected chi connectivity index (χ3v) is 4.01. The van der Waals surface area contributed by atoms with Crippen molar-refractivity contribution in [3.05, 3.63) is 29.8 Å². The zero-order chi connectivity index (χ0) is 13.2. The summed E-state index contributed by atoms with van der Waals surface area (Å²) in [7, 11) is 0. The predicted molar refractivity (Wildman–Crippen MR) is 69.3 cm³/mol. The van der Waals surface area contributed by atoms with Crippen LogP contribution in [0.2, 0.25) is 0 Å². The highest BCUT2D eigenvalue weighted by atomic mass is 16.5. The van der Waals surface area contributed by atoms with E-state index in [0.29, 0.717) is 13.0 Å². The van der Waals surface area contributed by atoms with Gasteiger partial charge in [-0.05, 0) is 12.0 Å². The molecule has 0 saturated heterocycles. The second-order valence-corrected chi connectivity index (χ2v) is 5.01. The quantitative estimate of drug-likeness (QED) is 0.890. The smallest absolute Gasteiger partial charge is 0.124 e. The molecule has 0 fully saturated rings. The van der Waals surface area contributed by atoms with Crippen molar-refractivity contribution in [3.63, 3.8) is 0 Å². The Kier molecular flexibility index (Phi) is 3.58. The van der Waals surface area contributed by atoms with E-state index < -0.39 is 11.5 Å². The lowest BCUT2D eigenvalue weighted by atomic mass is 9.69. The van der Waals surface area contributed by atoms with E-state index in [1.54, 1.807) is 0 Å². The Labute approximate surface area is 108 Å². The van der Waals surface area contributed by atoms with Gasteiger partial charge in [0.05, 0.1) is 18.8 Å². The molecule has 3 nitrogen and oxygen atoms in total. The van der Waals surface area contributed by atoms with Crippen LogP contribution in [0.4, 0.5) is 0 Å². The Bertz CT molecular complexity index is 466. The molecular weight excluding hydrogens is 226 g/mol. The number of ether oxygens (including phenoxy) is 1. The van der Waals surface area contributed by atoms with Gasteiger partial charge >= 0.3 is 0 Å². The first-order chi connectivity index (χ1) is 8.65. The molecule has 0 radical (unpaired) electrons. The van der Waals surface area contributed by atoms with Gasteiger partial charge in [0.25, 0.3) is 0 Å². The zero-order valence-corrected chi connectivity index (χ0v) is 10.9. The zero-order valence-electron chi connectivity index (χ0n) is 10.9. The van der Waals surface area contributed by atoms with E-state index in [-0.39, 0.29) is 5.92 Å². The number of para-hydroxylation sites is 1. The summed E-state index contributed by atoms with van der Waals surface area (Å²) in [5.74, 6) is 0.823. The summed E-state index contributed by atoms with van der Waals surface area (Å²) in [5, 5.41) is 20.2. The van der Waals surface area contributed by atoms with E-state index in [4.69, 9.17) is 4.74 Å². The largest absolute Gasteiger partial charge is 0.493 e. The summed E-state index contributed by atoms with van der Waals surface area (Å²) in [5.41, 5.74) is -0.00359. The minimum Gasteiger partial charge on any atom is -0.493 e. The monoisotopic (exact) mass is 245 g/mol. The molecule has 3 atom stereocenters. The summed E-state index contributed by atoms with van der Waals surface area (Å²) < 4.78 is 5.58. The Balaban J connectivity index is 2.49. The van der Waals surface area contributed by atoms with Crippen LogP contribution in [0.15, 0.2) is 24.3 Å². The van der Waals surface area contributed by atoms with Crippen molar-refractivity contribution in [1.29, 1.82) is 5.26 Å². The first kappa shape index (κ1) is 12.9. The predicted octanol–water partition coefficient (Wildman–Crippen LogP) is 2.64. The lowest BCUT2D eigenvalue weighted by molar-refractivity contribution is 0.0374. The molecule has 1 heterocycles. The average molecular weight is 245 g/mol. The van der Waals surface area contributed by atoms with Crippen molar-refractivity contribution >= 4 is 0 Å². The molecule has 0 bridgehead atoms. The maximum atomic E-state index is 10.6. The molecule has 0 spiro atoms. The molecule has 3 unspecified atom stereocenters. The lowest BCUT2D eigenvalue weighted by Crippen LogP contribution is -2.45. The molecular formula is C15H19NO2. The van der Waals surface area contributed by atoms with Gasteiger partial charge < -0.3 is 9.84 Å². The molecule has 2 rings (SSSR count). The van der Waals surface area contributed by atoms with Crippen LogP contribution in [0, 0.1) is 17.2 Å². The van der Waals surface area contributed by atoms with Crippen LogP contribution >= 0.6 is 0 Å². The average Bonchev–Trinajstić information content (AvgIpc) is 2.44. The molecule has 1 aromatic carbocycles. The van der Waals surface area contributed by atoms with Gasteiger partial charge in [0.1, 0.15) is 11.2 Å². The number of hydrogen-bond donors (Lipinski definition) is 1. The van der Waals surface area contributed by atoms with E-state index in [2.05, 4.69) is 6.07 Å². The van der Waals surface area contributed by atoms with Gasteiger partial charge in [0.15, 0.2) is 0 Å². The number of benzene rings is 1. The molecule has 1 aliphatic heterocycles. The third-order valence-electron chi connectivity index (χ3n) is 4.01. The fourth-order valence-corrected chi connectivity index (χ4v) is 2.62. The summed E-state index contributed by atoms with van der Waals surface area (Å²) >= 11 is 0. The molecule has 0 saturated carbocycles. The summed E-state index contributed by atoms with van der Waals surface area (Å²) in [6.07, 6.45) is 0.747. The minimum absolute atomic E-state index is 0.0933. The number of fused-ring (bicyclic) bond motifs is 1. The van der Waals surface area contributed by atoms with Crippen molar-refractivity contribution in [1.82, 2.24) is 0 Å². The van der Waals surface area contributed by atoms with Crippen molar-refractivity contribution in [3.8, 4) is 11.8 Å². The van der Waals surface area contributed by atoms with Gasteiger partial charge in [0, 0.05) is 12.0 Å². The normalized spacial score (nSPS) is 25.4. The molecule has 96 valence electrons. The fourth-order valence-electron chi connectivity index (χ4n) is 2.62. The fraction of sp³-hybridized carbons (Fsp3) is 0.533. The van der Waals surface area contributed by atoms with Gasteiger partial charge in [0.2, 0.25) is 0 Å². The van der Waals surface area contributed by atoms with E-state index in [0.717, 1.165) is 17.7 Å². The van der Waals surface area contributed by atoms with Crippen molar-refractivity contribution in [2.45, 2.75) is 38.2 Å². The maximum absolute atomic E-state index is 10.6. The number of nitriles is 1. The number of hydrogen-bond acceptors (Lipinski definition) is 3. The van der Waals surface area contributed by atoms with E-state index in [9.17, 15) is 10.4 Å². The molecule has 3 heteroatoms. The standard InChI is InChI=1S/C15H19NO2/c1-3-11(2)14(17)15(10-16)8-9-18-13-7-5-4-6-12(13)15/h4-7,11,14,17H,3,8-9H2,1-2H3. The third kappa shape index (κ3) is 1.87. The van der Waals surface area contributed by atoms with Crippen LogP contribution in [0.5, 0.6) is 5.75 Å². The SMILES string of the molecule is CCC(C)C(O)C1(C#N)CCOc2ccccc21. The van der Waals surface area contributed by atoms with Crippen LogP contribution < -0.4 is 4.74 Å². The van der Waals surface area contributed by atoms with Crippen molar-refractivity contribution < 1.29 is 9.84 Å². The number of nitrogens with zero attached hydrogens (tertiary/aromatic N) is 1. The molecule has 18 heavy (non-hydrogen) atoms. The molecule has 0 aromatic heterocycles. The number of aliphatic hydroxyl groups is 1. The van der Waals surface area contributed by atoms with E-state index >= 15 is 0 Å². The second kappa shape index (κ2) is 4.99. The Morgan fingerprint density at radius 1 is 1.50 bits per heavy atom. The van der Waals surface area contributed by atoms with E-state index in [1.807, 2.05) is 38.1 Å². The highest BCUT2D eigenvalue weighted by molar-refractivity contribution is 5.46. The molecule has 1 aromatic rings. The molecule has 0 aliphatic carbocycles. The van der Waals surface area contributed by atoms with Crippen LogP contribution in [0.3, 0.4) is 0 Å². The van der Waals surface area contributed by atoms with Gasteiger partial charge in [-0.15, -0.1) is 0 Å². The van der Waals surface area contributed by atoms with Crippen LogP contribution in [-0.4, -0.2) is 17.8 Å². The Morgan fingerprint density at radius 2 is 2.22 bits per heavy atom. The van der Waals surface area contributed by atoms with Crippen molar-refractivity contribution in [2.75, 3.05) is 6.61 Å². The number of rotatable bonds is 3. The van der Waals surface area contributed by atoms with Gasteiger partial charge in [-0.3, -0.25) is 0 Å². The molecule has 1 N–H and O–H groups in total. The first-order valence-corrected chi connectivity index (χ1v) is 6.47.